The average molecular weight is 364 g/mol. The molecule has 3 heterocycles. The molecule has 1 amide bonds. The molecule has 1 aliphatic rings. The molecule has 138 valence electrons. The molecule has 1 aromatic carbocycles. The Bertz CT molecular complexity index is 1050. The molecular weight excluding hydrogens is 344 g/mol. The van der Waals surface area contributed by atoms with E-state index in [2.05, 4.69) is 10.3 Å². The first kappa shape index (κ1) is 17.4. The largest absolute Gasteiger partial charge is 0.427 e. The first-order chi connectivity index (χ1) is 13.1. The summed E-state index contributed by atoms with van der Waals surface area (Å²) in [7, 11) is 0. The lowest BCUT2D eigenvalue weighted by atomic mass is 9.95. The summed E-state index contributed by atoms with van der Waals surface area (Å²) in [6.07, 6.45) is 3.32. The van der Waals surface area contributed by atoms with Crippen LogP contribution in [0.15, 0.2) is 51.8 Å². The van der Waals surface area contributed by atoms with E-state index in [1.807, 2.05) is 24.3 Å². The van der Waals surface area contributed by atoms with Crippen LogP contribution >= 0.6 is 0 Å². The molecule has 6 nitrogen and oxygen atoms in total. The molecule has 0 radical (unpaired) electrons. The summed E-state index contributed by atoms with van der Waals surface area (Å²) in [6, 6.07) is 11.3. The Morgan fingerprint density at radius 2 is 1.89 bits per heavy atom. The zero-order valence-corrected chi connectivity index (χ0v) is 15.0. The lowest BCUT2D eigenvalue weighted by molar-refractivity contribution is 0.0796. The molecule has 0 unspecified atom stereocenters. The summed E-state index contributed by atoms with van der Waals surface area (Å²) in [5.74, 6) is 0.666. The summed E-state index contributed by atoms with van der Waals surface area (Å²) in [5, 5.41) is 4.64. The standard InChI is InChI=1S/C21H20N2O4/c1-13-10-17(14-6-8-26-9-7-14)27-21(25)19(13)20(24)23-18-11-15-4-2-3-5-16(15)12-22-18/h2-5,10-12,14H,6-9H2,1H3,(H,22,23,24). The highest BCUT2D eigenvalue weighted by Crippen LogP contribution is 2.27. The van der Waals surface area contributed by atoms with Gasteiger partial charge in [-0.2, -0.15) is 0 Å². The van der Waals surface area contributed by atoms with Crippen LogP contribution in [0.1, 0.15) is 40.4 Å². The Morgan fingerprint density at radius 1 is 1.15 bits per heavy atom. The van der Waals surface area contributed by atoms with Crippen molar-refractivity contribution in [3.05, 3.63) is 69.9 Å². The Labute approximate surface area is 156 Å². The number of anilines is 1. The van der Waals surface area contributed by atoms with Crippen LogP contribution in [0.3, 0.4) is 0 Å². The van der Waals surface area contributed by atoms with E-state index in [0.29, 0.717) is 30.4 Å². The number of nitrogens with one attached hydrogen (secondary N) is 1. The van der Waals surface area contributed by atoms with Crippen LogP contribution in [0.25, 0.3) is 10.8 Å². The molecule has 4 rings (SSSR count). The van der Waals surface area contributed by atoms with Crippen LogP contribution in [0.5, 0.6) is 0 Å². The highest BCUT2D eigenvalue weighted by Gasteiger charge is 2.23. The van der Waals surface area contributed by atoms with E-state index in [0.717, 1.165) is 23.6 Å². The van der Waals surface area contributed by atoms with Crippen molar-refractivity contribution in [2.24, 2.45) is 0 Å². The van der Waals surface area contributed by atoms with Crippen molar-refractivity contribution in [3.8, 4) is 0 Å². The highest BCUT2D eigenvalue weighted by atomic mass is 16.5. The molecule has 0 atom stereocenters. The van der Waals surface area contributed by atoms with Gasteiger partial charge in [0.1, 0.15) is 17.1 Å². The normalized spacial score (nSPS) is 15.0. The predicted octanol–water partition coefficient (Wildman–Crippen LogP) is 3.64. The molecule has 0 aliphatic carbocycles. The van der Waals surface area contributed by atoms with Gasteiger partial charge in [0.25, 0.3) is 5.91 Å². The van der Waals surface area contributed by atoms with E-state index in [1.54, 1.807) is 25.3 Å². The van der Waals surface area contributed by atoms with E-state index < -0.39 is 11.5 Å². The van der Waals surface area contributed by atoms with Crippen LogP contribution in [0.4, 0.5) is 5.82 Å². The molecule has 6 heteroatoms. The molecule has 1 fully saturated rings. The summed E-state index contributed by atoms with van der Waals surface area (Å²) in [4.78, 5) is 29.4. The van der Waals surface area contributed by atoms with Crippen LogP contribution in [0, 0.1) is 6.92 Å². The van der Waals surface area contributed by atoms with E-state index in [1.165, 1.54) is 0 Å². The van der Waals surface area contributed by atoms with Gasteiger partial charge in [0.15, 0.2) is 0 Å². The summed E-state index contributed by atoms with van der Waals surface area (Å²) < 4.78 is 10.8. The summed E-state index contributed by atoms with van der Waals surface area (Å²) in [6.45, 7) is 3.06. The second-order valence-corrected chi connectivity index (χ2v) is 6.75. The third-order valence-electron chi connectivity index (χ3n) is 4.89. The maximum atomic E-state index is 12.6. The van der Waals surface area contributed by atoms with Gasteiger partial charge in [-0.15, -0.1) is 0 Å². The average Bonchev–Trinajstić information content (AvgIpc) is 2.68. The Balaban J connectivity index is 1.59. The number of hydrogen-bond donors (Lipinski definition) is 1. The second-order valence-electron chi connectivity index (χ2n) is 6.75. The van der Waals surface area contributed by atoms with Crippen molar-refractivity contribution < 1.29 is 13.9 Å². The molecule has 0 bridgehead atoms. The van der Waals surface area contributed by atoms with Crippen molar-refractivity contribution in [3.63, 3.8) is 0 Å². The Kier molecular flexibility index (Phi) is 4.73. The second kappa shape index (κ2) is 7.32. The number of benzene rings is 1. The Morgan fingerprint density at radius 3 is 2.63 bits per heavy atom. The third kappa shape index (κ3) is 3.61. The van der Waals surface area contributed by atoms with Crippen molar-refractivity contribution >= 4 is 22.5 Å². The number of carbonyl (C=O) groups is 1. The minimum absolute atomic E-state index is 0.0146. The molecule has 0 spiro atoms. The molecule has 1 aliphatic heterocycles. The van der Waals surface area contributed by atoms with Gasteiger partial charge in [-0.1, -0.05) is 24.3 Å². The fourth-order valence-corrected chi connectivity index (χ4v) is 3.42. The van der Waals surface area contributed by atoms with Crippen LogP contribution < -0.4 is 10.9 Å². The SMILES string of the molecule is Cc1cc(C2CCOCC2)oc(=O)c1C(=O)Nc1cc2ccccc2cn1. The minimum atomic E-state index is -0.616. The lowest BCUT2D eigenvalue weighted by Gasteiger charge is -2.21. The minimum Gasteiger partial charge on any atom is -0.427 e. The number of rotatable bonds is 3. The first-order valence-electron chi connectivity index (χ1n) is 9.00. The quantitative estimate of drug-likeness (QED) is 0.767. The van der Waals surface area contributed by atoms with Gasteiger partial charge in [-0.3, -0.25) is 4.79 Å². The fraction of sp³-hybridized carbons (Fsp3) is 0.286. The number of carbonyl (C=O) groups excluding carboxylic acids is 1. The van der Waals surface area contributed by atoms with E-state index in [-0.39, 0.29) is 11.5 Å². The number of aromatic nitrogens is 1. The molecule has 2 aromatic heterocycles. The maximum absolute atomic E-state index is 12.6. The predicted molar refractivity (Wildman–Crippen MR) is 102 cm³/mol. The third-order valence-corrected chi connectivity index (χ3v) is 4.89. The van der Waals surface area contributed by atoms with Gasteiger partial charge < -0.3 is 14.5 Å². The van der Waals surface area contributed by atoms with E-state index >= 15 is 0 Å². The zero-order valence-electron chi connectivity index (χ0n) is 15.0. The highest BCUT2D eigenvalue weighted by molar-refractivity contribution is 6.05. The van der Waals surface area contributed by atoms with Crippen LogP contribution in [-0.2, 0) is 4.74 Å². The van der Waals surface area contributed by atoms with Gasteiger partial charge in [-0.25, -0.2) is 9.78 Å². The fourth-order valence-electron chi connectivity index (χ4n) is 3.42. The molecule has 1 N–H and O–H groups in total. The number of ether oxygens (including phenoxy) is 1. The number of fused-ring (bicyclic) bond motifs is 1. The van der Waals surface area contributed by atoms with Gasteiger partial charge in [0.05, 0.1) is 0 Å². The van der Waals surface area contributed by atoms with Gasteiger partial charge in [-0.05, 0) is 42.8 Å². The zero-order chi connectivity index (χ0) is 18.8. The maximum Gasteiger partial charge on any atom is 0.349 e. The molecule has 3 aromatic rings. The van der Waals surface area contributed by atoms with Gasteiger partial charge in [0.2, 0.25) is 0 Å². The number of nitrogens with zero attached hydrogens (tertiary/aromatic N) is 1. The number of pyridine rings is 1. The topological polar surface area (TPSA) is 81.4 Å². The van der Waals surface area contributed by atoms with E-state index in [4.69, 9.17) is 9.15 Å². The number of aryl methyl sites for hydroxylation is 1. The molecule has 1 saturated heterocycles. The smallest absolute Gasteiger partial charge is 0.349 e. The molecule has 27 heavy (non-hydrogen) atoms. The Hall–Kier alpha value is -2.99. The van der Waals surface area contributed by atoms with Crippen molar-refractivity contribution in [2.45, 2.75) is 25.7 Å². The summed E-state index contributed by atoms with van der Waals surface area (Å²) >= 11 is 0. The van der Waals surface area contributed by atoms with Crippen molar-refractivity contribution in [1.29, 1.82) is 0 Å². The monoisotopic (exact) mass is 364 g/mol. The van der Waals surface area contributed by atoms with Crippen LogP contribution in [0.2, 0.25) is 0 Å². The van der Waals surface area contributed by atoms with E-state index in [9.17, 15) is 9.59 Å². The molecular formula is C21H20N2O4. The lowest BCUT2D eigenvalue weighted by Crippen LogP contribution is -2.24. The number of hydrogen-bond acceptors (Lipinski definition) is 5. The molecule has 0 saturated carbocycles. The summed E-state index contributed by atoms with van der Waals surface area (Å²) in [5.41, 5.74) is 0.00146. The van der Waals surface area contributed by atoms with Gasteiger partial charge >= 0.3 is 5.63 Å². The van der Waals surface area contributed by atoms with Gasteiger partial charge in [0, 0.05) is 30.7 Å². The van der Waals surface area contributed by atoms with Crippen molar-refractivity contribution in [1.82, 2.24) is 4.98 Å². The first-order valence-corrected chi connectivity index (χ1v) is 9.00. The van der Waals surface area contributed by atoms with Crippen molar-refractivity contribution in [2.75, 3.05) is 18.5 Å². The number of amides is 1. The van der Waals surface area contributed by atoms with Crippen LogP contribution in [-0.4, -0.2) is 24.1 Å².